The van der Waals surface area contributed by atoms with Gasteiger partial charge < -0.3 is 10.1 Å². The van der Waals surface area contributed by atoms with Crippen molar-refractivity contribution >= 4 is 16.7 Å². The van der Waals surface area contributed by atoms with Gasteiger partial charge in [-0.2, -0.15) is 0 Å². The topological polar surface area (TPSA) is 38.3 Å². The third kappa shape index (κ3) is 2.42. The number of nitrogens with one attached hydrogen (secondary N) is 1. The number of methoxy groups -OCH3 is 1. The normalized spacial score (nSPS) is 10.5. The van der Waals surface area contributed by atoms with Crippen LogP contribution in [0.4, 0.5) is 0 Å². The van der Waals surface area contributed by atoms with Gasteiger partial charge in [0, 0.05) is 7.05 Å². The fourth-order valence-corrected chi connectivity index (χ4v) is 2.65. The molecule has 0 spiro atoms. The smallest absolute Gasteiger partial charge is 0.252 e. The first-order valence-corrected chi connectivity index (χ1v) is 7.13. The van der Waals surface area contributed by atoms with E-state index in [9.17, 15) is 4.79 Å². The molecular weight excluding hydrogens is 274 g/mol. The summed E-state index contributed by atoms with van der Waals surface area (Å²) < 4.78 is 5.19. The van der Waals surface area contributed by atoms with Crippen molar-refractivity contribution in [3.63, 3.8) is 0 Å². The number of benzene rings is 3. The SMILES string of the molecule is CNC(=O)c1c(-c2ccc(OC)cc2)ccc2ccccc12. The molecular formula is C19H17NO2. The summed E-state index contributed by atoms with van der Waals surface area (Å²) in [5.74, 6) is 0.716. The predicted molar refractivity (Wildman–Crippen MR) is 89.3 cm³/mol. The number of ether oxygens (including phenoxy) is 1. The summed E-state index contributed by atoms with van der Waals surface area (Å²) in [5, 5.41) is 4.75. The summed E-state index contributed by atoms with van der Waals surface area (Å²) in [6, 6.07) is 19.7. The molecule has 0 radical (unpaired) electrons. The van der Waals surface area contributed by atoms with Gasteiger partial charge in [-0.05, 0) is 34.0 Å². The van der Waals surface area contributed by atoms with Crippen LogP contribution in [-0.2, 0) is 0 Å². The molecule has 22 heavy (non-hydrogen) atoms. The minimum atomic E-state index is -0.0809. The first-order chi connectivity index (χ1) is 10.7. The van der Waals surface area contributed by atoms with Gasteiger partial charge in [-0.3, -0.25) is 4.79 Å². The van der Waals surface area contributed by atoms with Crippen LogP contribution in [0.15, 0.2) is 60.7 Å². The Morgan fingerprint density at radius 2 is 1.68 bits per heavy atom. The van der Waals surface area contributed by atoms with E-state index in [-0.39, 0.29) is 5.91 Å². The van der Waals surface area contributed by atoms with E-state index >= 15 is 0 Å². The Hall–Kier alpha value is -2.81. The second-order valence-corrected chi connectivity index (χ2v) is 5.02. The molecule has 0 aliphatic rings. The molecule has 0 atom stereocenters. The summed E-state index contributed by atoms with van der Waals surface area (Å²) in [4.78, 5) is 12.4. The van der Waals surface area contributed by atoms with E-state index in [1.54, 1.807) is 14.2 Å². The number of fused-ring (bicyclic) bond motifs is 1. The number of hydrogen-bond donors (Lipinski definition) is 1. The standard InChI is InChI=1S/C19H17NO2/c1-20-19(21)18-16-6-4-3-5-13(16)9-12-17(18)14-7-10-15(22-2)11-8-14/h3-12H,1-2H3,(H,20,21). The molecule has 0 aliphatic heterocycles. The molecule has 0 unspecified atom stereocenters. The van der Waals surface area contributed by atoms with E-state index in [0.29, 0.717) is 5.56 Å². The molecule has 0 fully saturated rings. The van der Waals surface area contributed by atoms with Crippen LogP contribution < -0.4 is 10.1 Å². The summed E-state index contributed by atoms with van der Waals surface area (Å²) in [6.07, 6.45) is 0. The van der Waals surface area contributed by atoms with Crippen LogP contribution in [0, 0.1) is 0 Å². The van der Waals surface area contributed by atoms with Crippen molar-refractivity contribution < 1.29 is 9.53 Å². The van der Waals surface area contributed by atoms with Crippen LogP contribution in [0.3, 0.4) is 0 Å². The lowest BCUT2D eigenvalue weighted by molar-refractivity contribution is 0.0965. The maximum Gasteiger partial charge on any atom is 0.252 e. The predicted octanol–water partition coefficient (Wildman–Crippen LogP) is 3.88. The molecule has 3 aromatic rings. The molecule has 0 heterocycles. The maximum atomic E-state index is 12.4. The Morgan fingerprint density at radius 3 is 2.36 bits per heavy atom. The third-order valence-electron chi connectivity index (χ3n) is 3.78. The van der Waals surface area contributed by atoms with E-state index < -0.39 is 0 Å². The highest BCUT2D eigenvalue weighted by Gasteiger charge is 2.15. The number of carbonyl (C=O) groups excluding carboxylic acids is 1. The van der Waals surface area contributed by atoms with Crippen LogP contribution >= 0.6 is 0 Å². The van der Waals surface area contributed by atoms with Crippen molar-refractivity contribution in [3.05, 3.63) is 66.2 Å². The van der Waals surface area contributed by atoms with Gasteiger partial charge in [0.2, 0.25) is 0 Å². The van der Waals surface area contributed by atoms with Gasteiger partial charge in [0.05, 0.1) is 12.7 Å². The minimum Gasteiger partial charge on any atom is -0.497 e. The quantitative estimate of drug-likeness (QED) is 0.795. The van der Waals surface area contributed by atoms with Crippen molar-refractivity contribution in [3.8, 4) is 16.9 Å². The zero-order chi connectivity index (χ0) is 15.5. The first kappa shape index (κ1) is 14.1. The van der Waals surface area contributed by atoms with Gasteiger partial charge in [-0.25, -0.2) is 0 Å². The van der Waals surface area contributed by atoms with Gasteiger partial charge in [-0.15, -0.1) is 0 Å². The zero-order valence-corrected chi connectivity index (χ0v) is 12.6. The Bertz CT molecular complexity index is 822. The van der Waals surface area contributed by atoms with E-state index in [2.05, 4.69) is 5.32 Å². The number of hydrogen-bond acceptors (Lipinski definition) is 2. The van der Waals surface area contributed by atoms with Crippen molar-refractivity contribution in [2.45, 2.75) is 0 Å². The Morgan fingerprint density at radius 1 is 0.955 bits per heavy atom. The lowest BCUT2D eigenvalue weighted by Crippen LogP contribution is -2.19. The van der Waals surface area contributed by atoms with Gasteiger partial charge in [0.25, 0.3) is 5.91 Å². The van der Waals surface area contributed by atoms with Crippen LogP contribution in [0.1, 0.15) is 10.4 Å². The van der Waals surface area contributed by atoms with Crippen LogP contribution in [-0.4, -0.2) is 20.1 Å². The Balaban J connectivity index is 2.25. The Kier molecular flexibility index (Phi) is 3.79. The van der Waals surface area contributed by atoms with E-state index in [1.807, 2.05) is 60.7 Å². The molecule has 3 heteroatoms. The molecule has 1 N–H and O–H groups in total. The average Bonchev–Trinajstić information content (AvgIpc) is 2.60. The molecule has 0 saturated heterocycles. The molecule has 3 nitrogen and oxygen atoms in total. The molecule has 1 amide bonds. The van der Waals surface area contributed by atoms with Gasteiger partial charge in [0.15, 0.2) is 0 Å². The summed E-state index contributed by atoms with van der Waals surface area (Å²) in [6.45, 7) is 0. The molecule has 3 aromatic carbocycles. The van der Waals surface area contributed by atoms with Crippen LogP contribution in [0.25, 0.3) is 21.9 Å². The molecule has 3 rings (SSSR count). The van der Waals surface area contributed by atoms with E-state index in [1.165, 1.54) is 0 Å². The molecule has 0 aliphatic carbocycles. The van der Waals surface area contributed by atoms with Crippen molar-refractivity contribution in [1.82, 2.24) is 5.32 Å². The second-order valence-electron chi connectivity index (χ2n) is 5.02. The molecule has 0 bridgehead atoms. The highest BCUT2D eigenvalue weighted by molar-refractivity contribution is 6.12. The fraction of sp³-hybridized carbons (Fsp3) is 0.105. The average molecular weight is 291 g/mol. The van der Waals surface area contributed by atoms with Gasteiger partial charge in [0.1, 0.15) is 5.75 Å². The maximum absolute atomic E-state index is 12.4. The summed E-state index contributed by atoms with van der Waals surface area (Å²) in [7, 11) is 3.29. The Labute approximate surface area is 129 Å². The fourth-order valence-electron chi connectivity index (χ4n) is 2.65. The third-order valence-corrected chi connectivity index (χ3v) is 3.78. The number of rotatable bonds is 3. The lowest BCUT2D eigenvalue weighted by atomic mass is 9.93. The zero-order valence-electron chi connectivity index (χ0n) is 12.6. The minimum absolute atomic E-state index is 0.0809. The highest BCUT2D eigenvalue weighted by atomic mass is 16.5. The highest BCUT2D eigenvalue weighted by Crippen LogP contribution is 2.31. The van der Waals surface area contributed by atoms with E-state index in [0.717, 1.165) is 27.6 Å². The van der Waals surface area contributed by atoms with Crippen molar-refractivity contribution in [2.24, 2.45) is 0 Å². The van der Waals surface area contributed by atoms with Crippen LogP contribution in [0.2, 0.25) is 0 Å². The first-order valence-electron chi connectivity index (χ1n) is 7.13. The largest absolute Gasteiger partial charge is 0.497 e. The van der Waals surface area contributed by atoms with E-state index in [4.69, 9.17) is 4.74 Å². The van der Waals surface area contributed by atoms with Gasteiger partial charge >= 0.3 is 0 Å². The number of amides is 1. The molecule has 0 saturated carbocycles. The van der Waals surface area contributed by atoms with Crippen molar-refractivity contribution in [2.75, 3.05) is 14.2 Å². The molecule has 0 aromatic heterocycles. The monoisotopic (exact) mass is 291 g/mol. The van der Waals surface area contributed by atoms with Gasteiger partial charge in [-0.1, -0.05) is 48.5 Å². The summed E-state index contributed by atoms with van der Waals surface area (Å²) >= 11 is 0. The van der Waals surface area contributed by atoms with Crippen molar-refractivity contribution in [1.29, 1.82) is 0 Å². The van der Waals surface area contributed by atoms with Crippen LogP contribution in [0.5, 0.6) is 5.75 Å². The molecule has 110 valence electrons. The summed E-state index contributed by atoms with van der Waals surface area (Å²) in [5.41, 5.74) is 2.61. The number of carbonyl (C=O) groups is 1. The lowest BCUT2D eigenvalue weighted by Gasteiger charge is -2.13. The second kappa shape index (κ2) is 5.90.